The number of aliphatic hydroxyl groups is 1. The molecule has 0 aromatic heterocycles. The lowest BCUT2D eigenvalue weighted by Crippen LogP contribution is -2.63. The van der Waals surface area contributed by atoms with Gasteiger partial charge in [-0.1, -0.05) is 0 Å². The summed E-state index contributed by atoms with van der Waals surface area (Å²) >= 11 is 0. The van der Waals surface area contributed by atoms with E-state index in [1.54, 1.807) is 4.90 Å². The van der Waals surface area contributed by atoms with E-state index in [0.717, 1.165) is 32.1 Å². The van der Waals surface area contributed by atoms with Gasteiger partial charge in [0, 0.05) is 36.3 Å². The van der Waals surface area contributed by atoms with Crippen LogP contribution < -0.4 is 10.6 Å². The lowest BCUT2D eigenvalue weighted by atomic mass is 9.79. The maximum atomic E-state index is 12.6. The summed E-state index contributed by atoms with van der Waals surface area (Å²) in [7, 11) is 0. The van der Waals surface area contributed by atoms with Crippen LogP contribution >= 0.6 is 0 Å². The Morgan fingerprint density at radius 2 is 1.79 bits per heavy atom. The Balaban J connectivity index is 1.99. The number of amides is 2. The quantitative estimate of drug-likeness (QED) is 0.674. The van der Waals surface area contributed by atoms with Gasteiger partial charge in [0.05, 0.1) is 0 Å². The molecule has 2 rings (SSSR count). The van der Waals surface area contributed by atoms with E-state index in [4.69, 9.17) is 0 Å². The molecule has 0 aromatic carbocycles. The fourth-order valence-electron chi connectivity index (χ4n) is 4.52. The largest absolute Gasteiger partial charge is 0.396 e. The van der Waals surface area contributed by atoms with E-state index in [0.29, 0.717) is 13.0 Å². The molecule has 0 aliphatic carbocycles. The average molecular weight is 339 g/mol. The monoisotopic (exact) mass is 339 g/mol. The first kappa shape index (κ1) is 19.2. The molecule has 2 aliphatic rings. The molecule has 2 saturated heterocycles. The summed E-state index contributed by atoms with van der Waals surface area (Å²) in [5.74, 6) is -0.944. The van der Waals surface area contributed by atoms with Crippen LogP contribution in [0.25, 0.3) is 0 Å². The number of piperidine rings is 2. The second-order valence-electron chi connectivity index (χ2n) is 8.63. The Hall–Kier alpha value is -1.14. The van der Waals surface area contributed by atoms with E-state index in [2.05, 4.69) is 38.3 Å². The molecule has 2 heterocycles. The maximum absolute atomic E-state index is 12.6. The van der Waals surface area contributed by atoms with Gasteiger partial charge in [-0.05, 0) is 66.2 Å². The van der Waals surface area contributed by atoms with Crippen LogP contribution in [0.15, 0.2) is 0 Å². The molecule has 3 N–H and O–H groups in total. The first-order valence-electron chi connectivity index (χ1n) is 9.15. The van der Waals surface area contributed by atoms with Crippen molar-refractivity contribution in [2.45, 2.75) is 89.4 Å². The van der Waals surface area contributed by atoms with Crippen molar-refractivity contribution >= 4 is 11.8 Å². The Kier molecular flexibility index (Phi) is 5.91. The second-order valence-corrected chi connectivity index (χ2v) is 8.63. The Labute approximate surface area is 145 Å². The van der Waals surface area contributed by atoms with Gasteiger partial charge in [-0.25, -0.2) is 0 Å². The van der Waals surface area contributed by atoms with E-state index in [1.807, 2.05) is 0 Å². The molecule has 24 heavy (non-hydrogen) atoms. The number of hydrogen-bond acceptors (Lipinski definition) is 4. The summed E-state index contributed by atoms with van der Waals surface area (Å²) in [5.41, 5.74) is -0.152. The zero-order valence-electron chi connectivity index (χ0n) is 15.5. The molecule has 1 unspecified atom stereocenters. The van der Waals surface area contributed by atoms with Crippen molar-refractivity contribution in [3.63, 3.8) is 0 Å². The van der Waals surface area contributed by atoms with Crippen molar-refractivity contribution in [2.24, 2.45) is 0 Å². The first-order chi connectivity index (χ1) is 11.1. The van der Waals surface area contributed by atoms with Gasteiger partial charge < -0.3 is 20.6 Å². The summed E-state index contributed by atoms with van der Waals surface area (Å²) in [5, 5.41) is 15.7. The highest BCUT2D eigenvalue weighted by Gasteiger charge is 2.39. The Bertz CT molecular complexity index is 458. The average Bonchev–Trinajstić information content (AvgIpc) is 2.44. The van der Waals surface area contributed by atoms with Gasteiger partial charge in [0.2, 0.25) is 0 Å². The topological polar surface area (TPSA) is 81.7 Å². The van der Waals surface area contributed by atoms with Crippen molar-refractivity contribution in [3.8, 4) is 0 Å². The van der Waals surface area contributed by atoms with E-state index >= 15 is 0 Å². The summed E-state index contributed by atoms with van der Waals surface area (Å²) in [6.45, 7) is 9.15. The van der Waals surface area contributed by atoms with Crippen molar-refractivity contribution in [1.82, 2.24) is 15.5 Å². The molecule has 0 radical (unpaired) electrons. The zero-order valence-corrected chi connectivity index (χ0v) is 15.5. The van der Waals surface area contributed by atoms with Gasteiger partial charge in [0.25, 0.3) is 0 Å². The standard InChI is InChI=1S/C18H33N3O3/c1-17(2)11-13(12-18(3,4)20-17)19-15(23)16(24)21-9-6-5-7-14(21)8-10-22/h13-14,20,22H,5-12H2,1-4H3,(H,19,23). The predicted octanol–water partition coefficient (Wildman–Crippen LogP) is 1.18. The number of hydrogen-bond donors (Lipinski definition) is 3. The van der Waals surface area contributed by atoms with E-state index in [-0.39, 0.29) is 29.8 Å². The molecule has 0 aromatic rings. The number of aliphatic hydroxyl groups excluding tert-OH is 1. The fourth-order valence-corrected chi connectivity index (χ4v) is 4.52. The van der Waals surface area contributed by atoms with Crippen LogP contribution in [0, 0.1) is 0 Å². The van der Waals surface area contributed by atoms with Crippen LogP contribution in [0.4, 0.5) is 0 Å². The van der Waals surface area contributed by atoms with Crippen molar-refractivity contribution in [2.75, 3.05) is 13.2 Å². The van der Waals surface area contributed by atoms with Gasteiger partial charge in [-0.2, -0.15) is 0 Å². The highest BCUT2D eigenvalue weighted by molar-refractivity contribution is 6.35. The number of carbonyl (C=O) groups excluding carboxylic acids is 2. The minimum atomic E-state index is -0.502. The third-order valence-electron chi connectivity index (χ3n) is 5.07. The zero-order chi connectivity index (χ0) is 18.0. The highest BCUT2D eigenvalue weighted by Crippen LogP contribution is 2.28. The molecule has 1 atom stereocenters. The highest BCUT2D eigenvalue weighted by atomic mass is 16.3. The van der Waals surface area contributed by atoms with Gasteiger partial charge in [0.1, 0.15) is 0 Å². The van der Waals surface area contributed by atoms with Crippen LogP contribution in [0.3, 0.4) is 0 Å². The van der Waals surface area contributed by atoms with Crippen molar-refractivity contribution < 1.29 is 14.7 Å². The number of rotatable bonds is 3. The summed E-state index contributed by atoms with van der Waals surface area (Å²) < 4.78 is 0. The van der Waals surface area contributed by atoms with Crippen LogP contribution in [-0.4, -0.2) is 58.1 Å². The SMILES string of the molecule is CC1(C)CC(NC(=O)C(=O)N2CCCCC2CCO)CC(C)(C)N1. The molecule has 138 valence electrons. The van der Waals surface area contributed by atoms with E-state index in [9.17, 15) is 14.7 Å². The number of nitrogens with zero attached hydrogens (tertiary/aromatic N) is 1. The second kappa shape index (κ2) is 7.40. The maximum Gasteiger partial charge on any atom is 0.312 e. The van der Waals surface area contributed by atoms with Crippen LogP contribution in [0.2, 0.25) is 0 Å². The Morgan fingerprint density at radius 3 is 2.38 bits per heavy atom. The van der Waals surface area contributed by atoms with Gasteiger partial charge in [-0.15, -0.1) is 0 Å². The minimum Gasteiger partial charge on any atom is -0.396 e. The number of carbonyl (C=O) groups is 2. The number of nitrogens with one attached hydrogen (secondary N) is 2. The normalized spacial score (nSPS) is 26.9. The molecule has 0 spiro atoms. The van der Waals surface area contributed by atoms with Gasteiger partial charge in [-0.3, -0.25) is 9.59 Å². The van der Waals surface area contributed by atoms with Gasteiger partial charge >= 0.3 is 11.8 Å². The molecular formula is C18H33N3O3. The molecule has 2 amide bonds. The summed E-state index contributed by atoms with van der Waals surface area (Å²) in [6.07, 6.45) is 4.99. The smallest absolute Gasteiger partial charge is 0.312 e. The lowest BCUT2D eigenvalue weighted by Gasteiger charge is -2.46. The van der Waals surface area contributed by atoms with Gasteiger partial charge in [0.15, 0.2) is 0 Å². The van der Waals surface area contributed by atoms with Crippen LogP contribution in [0.1, 0.15) is 66.2 Å². The Morgan fingerprint density at radius 1 is 1.17 bits per heavy atom. The first-order valence-corrected chi connectivity index (χ1v) is 9.15. The van der Waals surface area contributed by atoms with E-state index < -0.39 is 11.8 Å². The molecule has 6 heteroatoms. The van der Waals surface area contributed by atoms with E-state index in [1.165, 1.54) is 0 Å². The third-order valence-corrected chi connectivity index (χ3v) is 5.07. The summed E-state index contributed by atoms with van der Waals surface area (Å²) in [6, 6.07) is -0.0170. The minimum absolute atomic E-state index is 0.00576. The molecule has 0 bridgehead atoms. The molecule has 2 fully saturated rings. The third kappa shape index (κ3) is 4.93. The lowest BCUT2D eigenvalue weighted by molar-refractivity contribution is -0.149. The molecule has 6 nitrogen and oxygen atoms in total. The summed E-state index contributed by atoms with van der Waals surface area (Å²) in [4.78, 5) is 26.8. The molecule has 2 aliphatic heterocycles. The molecular weight excluding hydrogens is 306 g/mol. The van der Waals surface area contributed by atoms with Crippen LogP contribution in [0.5, 0.6) is 0 Å². The van der Waals surface area contributed by atoms with Crippen LogP contribution in [-0.2, 0) is 9.59 Å². The predicted molar refractivity (Wildman–Crippen MR) is 93.5 cm³/mol. The van der Waals surface area contributed by atoms with Crippen molar-refractivity contribution in [1.29, 1.82) is 0 Å². The fraction of sp³-hybridized carbons (Fsp3) is 0.889. The molecule has 0 saturated carbocycles. The van der Waals surface area contributed by atoms with Crippen molar-refractivity contribution in [3.05, 3.63) is 0 Å². The number of likely N-dealkylation sites (tertiary alicyclic amines) is 1.